The molecule has 3 fully saturated rings. The predicted molar refractivity (Wildman–Crippen MR) is 133 cm³/mol. The molecule has 1 unspecified atom stereocenters. The van der Waals surface area contributed by atoms with Crippen molar-refractivity contribution >= 4 is 35.4 Å². The number of hydrogen-bond acceptors (Lipinski definition) is 6. The van der Waals surface area contributed by atoms with Crippen LogP contribution in [0.2, 0.25) is 10.0 Å². The fourth-order valence-corrected chi connectivity index (χ4v) is 6.31. The van der Waals surface area contributed by atoms with Crippen LogP contribution in [0.3, 0.4) is 0 Å². The number of halogens is 2. The van der Waals surface area contributed by atoms with Gasteiger partial charge in [-0.2, -0.15) is 0 Å². The third-order valence-corrected chi connectivity index (χ3v) is 8.45. The number of rotatable bonds is 7. The zero-order valence-corrected chi connectivity index (χ0v) is 20.8. The van der Waals surface area contributed by atoms with Gasteiger partial charge < -0.3 is 14.4 Å². The minimum atomic E-state index is -0.915. The molecule has 1 atom stereocenters. The Hall–Kier alpha value is -2.19. The Labute approximate surface area is 213 Å². The van der Waals surface area contributed by atoms with Crippen LogP contribution in [0.1, 0.15) is 55.8 Å². The SMILES string of the molecule is O=C(O)C1=CCC(N2CCC3(CC(OCc4c(-c5c(Cl)cccc5Cl)noc4C4CC4)C3)C2)N=C1. The lowest BCUT2D eigenvalue weighted by Gasteiger charge is -2.45. The van der Waals surface area contributed by atoms with Gasteiger partial charge in [0.1, 0.15) is 17.6 Å². The summed E-state index contributed by atoms with van der Waals surface area (Å²) in [6, 6.07) is 5.45. The molecule has 4 aliphatic rings. The Bertz CT molecular complexity index is 1190. The van der Waals surface area contributed by atoms with Crippen molar-refractivity contribution in [1.82, 2.24) is 10.1 Å². The fraction of sp³-hybridized carbons (Fsp3) is 0.500. The fourth-order valence-electron chi connectivity index (χ4n) is 5.73. The second kappa shape index (κ2) is 9.04. The van der Waals surface area contributed by atoms with Crippen LogP contribution in [0, 0.1) is 5.41 Å². The average molecular weight is 516 g/mol. The first-order chi connectivity index (χ1) is 16.9. The number of carbonyl (C=O) groups is 1. The number of likely N-dealkylation sites (tertiary alicyclic amines) is 1. The van der Waals surface area contributed by atoms with Crippen molar-refractivity contribution in [2.24, 2.45) is 10.4 Å². The van der Waals surface area contributed by atoms with E-state index in [-0.39, 0.29) is 23.3 Å². The molecule has 0 radical (unpaired) electrons. The van der Waals surface area contributed by atoms with Crippen LogP contribution in [0.15, 0.2) is 39.4 Å². The molecular formula is C26H27Cl2N3O4. The number of hydrogen-bond donors (Lipinski definition) is 1. The molecule has 9 heteroatoms. The van der Waals surface area contributed by atoms with Crippen LogP contribution in [0.5, 0.6) is 0 Å². The lowest BCUT2D eigenvalue weighted by Crippen LogP contribution is -2.45. The molecule has 2 aromatic rings. The number of aromatic nitrogens is 1. The van der Waals surface area contributed by atoms with Gasteiger partial charge in [0.05, 0.1) is 28.3 Å². The van der Waals surface area contributed by atoms with E-state index in [2.05, 4.69) is 15.0 Å². The maximum absolute atomic E-state index is 11.1. The second-order valence-electron chi connectivity index (χ2n) is 10.3. The standard InChI is InChI=1S/C26H27Cl2N3O4/c27-19-2-1-3-20(28)22(19)23-18(24(35-30-23)15-4-5-15)13-34-17-10-26(11-17)8-9-31(14-26)21-7-6-16(12-29-21)25(32)33/h1-3,6,12,15,17,21H,4-5,7-11,13-14H2,(H,32,33). The first-order valence-electron chi connectivity index (χ1n) is 12.2. The molecule has 1 spiro atoms. The van der Waals surface area contributed by atoms with Crippen molar-refractivity contribution in [3.05, 3.63) is 51.2 Å². The largest absolute Gasteiger partial charge is 0.478 e. The molecule has 1 N–H and O–H groups in total. The van der Waals surface area contributed by atoms with Crippen molar-refractivity contribution in [1.29, 1.82) is 0 Å². The number of aliphatic carboxylic acids is 1. The normalized spacial score (nSPS) is 28.3. The highest BCUT2D eigenvalue weighted by atomic mass is 35.5. The lowest BCUT2D eigenvalue weighted by atomic mass is 9.66. The Kier molecular flexibility index (Phi) is 6.00. The van der Waals surface area contributed by atoms with Crippen LogP contribution < -0.4 is 0 Å². The second-order valence-corrected chi connectivity index (χ2v) is 11.1. The highest BCUT2D eigenvalue weighted by molar-refractivity contribution is 6.39. The third-order valence-electron chi connectivity index (χ3n) is 7.82. The molecule has 184 valence electrons. The number of carboxylic acids is 1. The monoisotopic (exact) mass is 515 g/mol. The van der Waals surface area contributed by atoms with Gasteiger partial charge in [0.15, 0.2) is 0 Å². The van der Waals surface area contributed by atoms with Gasteiger partial charge in [0.25, 0.3) is 0 Å². The number of carboxylic acid groups (broad SMARTS) is 1. The van der Waals surface area contributed by atoms with E-state index in [1.165, 1.54) is 6.21 Å². The Morgan fingerprint density at radius 3 is 2.69 bits per heavy atom. The Balaban J connectivity index is 1.09. The van der Waals surface area contributed by atoms with Gasteiger partial charge >= 0.3 is 5.97 Å². The molecule has 1 saturated heterocycles. The van der Waals surface area contributed by atoms with Crippen molar-refractivity contribution in [3.8, 4) is 11.3 Å². The summed E-state index contributed by atoms with van der Waals surface area (Å²) in [5.74, 6) is 0.390. The van der Waals surface area contributed by atoms with Crippen molar-refractivity contribution in [2.75, 3.05) is 13.1 Å². The highest BCUT2D eigenvalue weighted by Gasteiger charge is 2.50. The van der Waals surface area contributed by atoms with E-state index in [0.29, 0.717) is 40.2 Å². The molecular weight excluding hydrogens is 489 g/mol. The summed E-state index contributed by atoms with van der Waals surface area (Å²) in [6.45, 7) is 2.40. The van der Waals surface area contributed by atoms with E-state index in [1.807, 2.05) is 18.2 Å². The van der Waals surface area contributed by atoms with Crippen LogP contribution >= 0.6 is 23.2 Å². The van der Waals surface area contributed by atoms with Crippen LogP contribution in [0.4, 0.5) is 0 Å². The Morgan fingerprint density at radius 1 is 1.26 bits per heavy atom. The van der Waals surface area contributed by atoms with Gasteiger partial charge in [-0.25, -0.2) is 4.79 Å². The molecule has 0 amide bonds. The summed E-state index contributed by atoms with van der Waals surface area (Å²) in [5, 5.41) is 14.6. The van der Waals surface area contributed by atoms with Crippen molar-refractivity contribution in [3.63, 3.8) is 0 Å². The van der Waals surface area contributed by atoms with E-state index in [4.69, 9.17) is 37.6 Å². The summed E-state index contributed by atoms with van der Waals surface area (Å²) in [6.07, 6.45) is 9.52. The van der Waals surface area contributed by atoms with Gasteiger partial charge in [0.2, 0.25) is 0 Å². The van der Waals surface area contributed by atoms with E-state index < -0.39 is 5.97 Å². The number of aliphatic imine (C=N–C) groups is 1. The molecule has 1 aromatic heterocycles. The average Bonchev–Trinajstić information content (AvgIpc) is 3.43. The zero-order chi connectivity index (χ0) is 24.2. The maximum atomic E-state index is 11.1. The maximum Gasteiger partial charge on any atom is 0.336 e. The summed E-state index contributed by atoms with van der Waals surface area (Å²) in [4.78, 5) is 18.0. The van der Waals surface area contributed by atoms with Crippen LogP contribution in [-0.4, -0.2) is 52.7 Å². The Morgan fingerprint density at radius 2 is 2.03 bits per heavy atom. The molecule has 35 heavy (non-hydrogen) atoms. The number of ether oxygens (including phenoxy) is 1. The highest BCUT2D eigenvalue weighted by Crippen LogP contribution is 2.51. The number of benzene rings is 1. The van der Waals surface area contributed by atoms with Gasteiger partial charge in [0, 0.05) is 42.8 Å². The van der Waals surface area contributed by atoms with E-state index in [9.17, 15) is 4.79 Å². The molecule has 7 nitrogen and oxygen atoms in total. The minimum Gasteiger partial charge on any atom is -0.478 e. The topological polar surface area (TPSA) is 88.2 Å². The third kappa shape index (κ3) is 4.44. The molecule has 2 aliphatic carbocycles. The smallest absolute Gasteiger partial charge is 0.336 e. The van der Waals surface area contributed by atoms with Gasteiger partial charge in [-0.15, -0.1) is 0 Å². The molecule has 6 rings (SSSR count). The summed E-state index contributed by atoms with van der Waals surface area (Å²) >= 11 is 12.9. The van der Waals surface area contributed by atoms with Crippen molar-refractivity contribution < 1.29 is 19.2 Å². The zero-order valence-electron chi connectivity index (χ0n) is 19.3. The molecule has 2 aliphatic heterocycles. The molecule has 0 bridgehead atoms. The first-order valence-corrected chi connectivity index (χ1v) is 12.9. The van der Waals surface area contributed by atoms with Gasteiger partial charge in [-0.3, -0.25) is 9.89 Å². The van der Waals surface area contributed by atoms with Crippen LogP contribution in [-0.2, 0) is 16.1 Å². The predicted octanol–water partition coefficient (Wildman–Crippen LogP) is 5.71. The lowest BCUT2D eigenvalue weighted by molar-refractivity contribution is -0.132. The molecule has 3 heterocycles. The van der Waals surface area contributed by atoms with Gasteiger partial charge in [-0.1, -0.05) is 40.5 Å². The summed E-state index contributed by atoms with van der Waals surface area (Å²) in [5.41, 5.74) is 2.90. The summed E-state index contributed by atoms with van der Waals surface area (Å²) in [7, 11) is 0. The van der Waals surface area contributed by atoms with Gasteiger partial charge in [-0.05, 0) is 49.7 Å². The van der Waals surface area contributed by atoms with Crippen LogP contribution in [0.25, 0.3) is 11.3 Å². The number of dihydropyridines is 1. The van der Waals surface area contributed by atoms with Crippen molar-refractivity contribution in [2.45, 2.75) is 63.3 Å². The minimum absolute atomic E-state index is 0.0403. The molecule has 1 aromatic carbocycles. The summed E-state index contributed by atoms with van der Waals surface area (Å²) < 4.78 is 12.1. The van der Waals surface area contributed by atoms with E-state index >= 15 is 0 Å². The van der Waals surface area contributed by atoms with E-state index in [0.717, 1.165) is 56.5 Å². The number of nitrogens with zero attached hydrogens (tertiary/aromatic N) is 3. The van der Waals surface area contributed by atoms with E-state index in [1.54, 1.807) is 6.08 Å². The first kappa shape index (κ1) is 23.2. The quantitative estimate of drug-likeness (QED) is 0.508. The molecule has 2 saturated carbocycles.